The van der Waals surface area contributed by atoms with Gasteiger partial charge < -0.3 is 10.1 Å². The molecule has 0 saturated heterocycles. The third-order valence-corrected chi connectivity index (χ3v) is 6.47. The Kier molecular flexibility index (Phi) is 6.69. The molecule has 0 aliphatic heterocycles. The normalized spacial score (nSPS) is 14.6. The number of carbonyl (C=O) groups is 1. The van der Waals surface area contributed by atoms with Crippen molar-refractivity contribution in [3.05, 3.63) is 29.8 Å². The fourth-order valence-electron chi connectivity index (χ4n) is 3.00. The Morgan fingerprint density at radius 1 is 1.28 bits per heavy atom. The summed E-state index contributed by atoms with van der Waals surface area (Å²) >= 11 is 3.05. The van der Waals surface area contributed by atoms with E-state index in [-0.39, 0.29) is 5.91 Å². The molecule has 25 heavy (non-hydrogen) atoms. The van der Waals surface area contributed by atoms with E-state index < -0.39 is 0 Å². The predicted octanol–water partition coefficient (Wildman–Crippen LogP) is 4.75. The van der Waals surface area contributed by atoms with Crippen LogP contribution in [-0.2, 0) is 10.5 Å². The minimum atomic E-state index is 0.0507. The van der Waals surface area contributed by atoms with Crippen molar-refractivity contribution in [3.63, 3.8) is 0 Å². The van der Waals surface area contributed by atoms with E-state index in [1.54, 1.807) is 18.9 Å². The maximum atomic E-state index is 12.0. The molecule has 2 aromatic rings. The molecule has 1 aromatic heterocycles. The lowest BCUT2D eigenvalue weighted by Crippen LogP contribution is -2.12. The average molecular weight is 378 g/mol. The third kappa shape index (κ3) is 5.71. The fourth-order valence-corrected chi connectivity index (χ4v) is 4.73. The molecule has 1 amide bonds. The van der Waals surface area contributed by atoms with Crippen molar-refractivity contribution in [2.75, 3.05) is 12.4 Å². The van der Waals surface area contributed by atoms with Crippen molar-refractivity contribution in [1.82, 2.24) is 10.2 Å². The number of amides is 1. The van der Waals surface area contributed by atoms with Crippen LogP contribution in [0.25, 0.3) is 0 Å². The molecule has 1 aliphatic rings. The van der Waals surface area contributed by atoms with Crippen LogP contribution in [0, 0.1) is 5.92 Å². The van der Waals surface area contributed by atoms with Crippen molar-refractivity contribution in [2.24, 2.45) is 5.92 Å². The van der Waals surface area contributed by atoms with Gasteiger partial charge in [-0.2, -0.15) is 0 Å². The smallest absolute Gasteiger partial charge is 0.226 e. The molecule has 1 aromatic carbocycles. The molecule has 0 bridgehead atoms. The summed E-state index contributed by atoms with van der Waals surface area (Å²) in [5.41, 5.74) is 1.20. The third-order valence-electron chi connectivity index (χ3n) is 4.43. The summed E-state index contributed by atoms with van der Waals surface area (Å²) < 4.78 is 6.02. The Labute approximate surface area is 156 Å². The molecule has 0 spiro atoms. The van der Waals surface area contributed by atoms with Gasteiger partial charge in [0.05, 0.1) is 7.11 Å². The topological polar surface area (TPSA) is 64.1 Å². The first-order valence-corrected chi connectivity index (χ1v) is 10.4. The van der Waals surface area contributed by atoms with Crippen LogP contribution in [0.3, 0.4) is 0 Å². The van der Waals surface area contributed by atoms with Crippen LogP contribution >= 0.6 is 23.1 Å². The van der Waals surface area contributed by atoms with Gasteiger partial charge in [-0.1, -0.05) is 60.9 Å². The van der Waals surface area contributed by atoms with Crippen molar-refractivity contribution in [1.29, 1.82) is 0 Å². The summed E-state index contributed by atoms with van der Waals surface area (Å²) in [5, 5.41) is 11.7. The number of hydrogen-bond acceptors (Lipinski definition) is 6. The number of anilines is 1. The fraction of sp³-hybridized carbons (Fsp3) is 0.500. The van der Waals surface area contributed by atoms with E-state index in [1.807, 2.05) is 24.3 Å². The highest BCUT2D eigenvalue weighted by Gasteiger charge is 2.16. The minimum absolute atomic E-state index is 0.0507. The summed E-state index contributed by atoms with van der Waals surface area (Å²) in [6.45, 7) is 0. The highest BCUT2D eigenvalue weighted by molar-refractivity contribution is 8.00. The molecule has 0 atom stereocenters. The molecular formula is C18H23N3O2S2. The Morgan fingerprint density at radius 2 is 2.04 bits per heavy atom. The van der Waals surface area contributed by atoms with Gasteiger partial charge >= 0.3 is 0 Å². The van der Waals surface area contributed by atoms with Gasteiger partial charge in [0.2, 0.25) is 11.0 Å². The standard InChI is InChI=1S/C18H23N3O2S2/c1-23-15-9-6-14(7-10-15)12-24-18-21-20-17(25-18)19-16(22)11-8-13-4-2-3-5-13/h6-7,9-10,13H,2-5,8,11-12H2,1H3,(H,19,20,22). The second kappa shape index (κ2) is 9.20. The summed E-state index contributed by atoms with van der Waals surface area (Å²) in [6, 6.07) is 7.98. The van der Waals surface area contributed by atoms with Crippen molar-refractivity contribution in [3.8, 4) is 5.75 Å². The van der Waals surface area contributed by atoms with Crippen LogP contribution in [0.15, 0.2) is 28.6 Å². The van der Waals surface area contributed by atoms with Gasteiger partial charge in [0.25, 0.3) is 0 Å². The molecule has 134 valence electrons. The van der Waals surface area contributed by atoms with E-state index >= 15 is 0 Å². The lowest BCUT2D eigenvalue weighted by molar-refractivity contribution is -0.116. The highest BCUT2D eigenvalue weighted by Crippen LogP contribution is 2.30. The van der Waals surface area contributed by atoms with Crippen molar-refractivity contribution < 1.29 is 9.53 Å². The molecule has 0 unspecified atom stereocenters. The van der Waals surface area contributed by atoms with E-state index in [9.17, 15) is 4.79 Å². The number of aromatic nitrogens is 2. The SMILES string of the molecule is COc1ccc(CSc2nnc(NC(=O)CCC3CCCC3)s2)cc1. The number of thioether (sulfide) groups is 1. The zero-order valence-electron chi connectivity index (χ0n) is 14.4. The first-order chi connectivity index (χ1) is 12.2. The van der Waals surface area contributed by atoms with E-state index in [2.05, 4.69) is 15.5 Å². The lowest BCUT2D eigenvalue weighted by atomic mass is 10.0. The zero-order valence-corrected chi connectivity index (χ0v) is 16.0. The van der Waals surface area contributed by atoms with Crippen molar-refractivity contribution in [2.45, 2.75) is 48.6 Å². The number of rotatable bonds is 8. The van der Waals surface area contributed by atoms with Gasteiger partial charge in [-0.05, 0) is 30.0 Å². The van der Waals surface area contributed by atoms with Crippen LogP contribution < -0.4 is 10.1 Å². The van der Waals surface area contributed by atoms with Crippen LogP contribution in [0.2, 0.25) is 0 Å². The monoisotopic (exact) mass is 377 g/mol. The van der Waals surface area contributed by atoms with Gasteiger partial charge in [0.1, 0.15) is 5.75 Å². The zero-order chi connectivity index (χ0) is 17.5. The van der Waals surface area contributed by atoms with E-state index in [0.29, 0.717) is 11.6 Å². The van der Waals surface area contributed by atoms with Gasteiger partial charge in [-0.25, -0.2) is 0 Å². The molecular weight excluding hydrogens is 354 g/mol. The summed E-state index contributed by atoms with van der Waals surface area (Å²) in [4.78, 5) is 12.0. The summed E-state index contributed by atoms with van der Waals surface area (Å²) in [6.07, 6.45) is 6.76. The molecule has 1 N–H and O–H groups in total. The molecule has 1 aliphatic carbocycles. The Balaban J connectivity index is 1.42. The molecule has 0 radical (unpaired) electrons. The number of carbonyl (C=O) groups excluding carboxylic acids is 1. The van der Waals surface area contributed by atoms with Crippen LogP contribution in [-0.4, -0.2) is 23.2 Å². The number of hydrogen-bond donors (Lipinski definition) is 1. The second-order valence-electron chi connectivity index (χ2n) is 6.25. The number of methoxy groups -OCH3 is 1. The largest absolute Gasteiger partial charge is 0.497 e. The van der Waals surface area contributed by atoms with E-state index in [4.69, 9.17) is 4.74 Å². The van der Waals surface area contributed by atoms with Crippen LogP contribution in [0.4, 0.5) is 5.13 Å². The quantitative estimate of drug-likeness (QED) is 0.531. The first-order valence-electron chi connectivity index (χ1n) is 8.62. The second-order valence-corrected chi connectivity index (χ2v) is 8.45. The molecule has 7 heteroatoms. The lowest BCUT2D eigenvalue weighted by Gasteiger charge is -2.07. The number of benzene rings is 1. The Hall–Kier alpha value is -1.60. The first kappa shape index (κ1) is 18.2. The number of nitrogens with zero attached hydrogens (tertiary/aromatic N) is 2. The van der Waals surface area contributed by atoms with Gasteiger partial charge in [-0.3, -0.25) is 4.79 Å². The van der Waals surface area contributed by atoms with Gasteiger partial charge in [0.15, 0.2) is 4.34 Å². The molecule has 5 nitrogen and oxygen atoms in total. The number of ether oxygens (including phenoxy) is 1. The molecule has 3 rings (SSSR count). The van der Waals surface area contributed by atoms with Gasteiger partial charge in [-0.15, -0.1) is 10.2 Å². The average Bonchev–Trinajstić information content (AvgIpc) is 3.30. The number of nitrogens with one attached hydrogen (secondary N) is 1. The van der Waals surface area contributed by atoms with E-state index in [1.165, 1.54) is 42.6 Å². The molecule has 1 fully saturated rings. The maximum Gasteiger partial charge on any atom is 0.226 e. The summed E-state index contributed by atoms with van der Waals surface area (Å²) in [7, 11) is 1.66. The highest BCUT2D eigenvalue weighted by atomic mass is 32.2. The molecule has 1 heterocycles. The van der Waals surface area contributed by atoms with Crippen molar-refractivity contribution >= 4 is 34.1 Å². The Morgan fingerprint density at radius 3 is 2.76 bits per heavy atom. The summed E-state index contributed by atoms with van der Waals surface area (Å²) in [5.74, 6) is 2.45. The predicted molar refractivity (Wildman–Crippen MR) is 102 cm³/mol. The van der Waals surface area contributed by atoms with Crippen LogP contribution in [0.5, 0.6) is 5.75 Å². The minimum Gasteiger partial charge on any atom is -0.497 e. The van der Waals surface area contributed by atoms with E-state index in [0.717, 1.165) is 28.2 Å². The Bertz CT molecular complexity index is 682. The van der Waals surface area contributed by atoms with Crippen LogP contribution in [0.1, 0.15) is 44.1 Å². The van der Waals surface area contributed by atoms with Gasteiger partial charge in [0, 0.05) is 12.2 Å². The maximum absolute atomic E-state index is 12.0. The molecule has 1 saturated carbocycles.